The molecule has 4 aromatic heterocycles. The molecule has 0 radical (unpaired) electrons. The molecule has 5 aromatic rings. The first-order valence-corrected chi connectivity index (χ1v) is 15.4. The summed E-state index contributed by atoms with van der Waals surface area (Å²) in [6, 6.07) is 9.66. The highest BCUT2D eigenvalue weighted by Gasteiger charge is 2.30. The van der Waals surface area contributed by atoms with Crippen LogP contribution in [0.15, 0.2) is 48.9 Å². The number of ether oxygens (including phenoxy) is 2. The Morgan fingerprint density at radius 2 is 1.82 bits per heavy atom. The van der Waals surface area contributed by atoms with E-state index in [4.69, 9.17) is 14.5 Å². The van der Waals surface area contributed by atoms with Crippen molar-refractivity contribution in [3.05, 3.63) is 60.2 Å². The summed E-state index contributed by atoms with van der Waals surface area (Å²) >= 11 is 0. The van der Waals surface area contributed by atoms with Crippen LogP contribution < -0.4 is 0 Å². The summed E-state index contributed by atoms with van der Waals surface area (Å²) in [4.78, 5) is 33.4. The minimum Gasteiger partial charge on any atom is -0.444 e. The Balaban J connectivity index is 1.33. The summed E-state index contributed by atoms with van der Waals surface area (Å²) in [5.41, 5.74) is 3.86. The Morgan fingerprint density at radius 1 is 1.04 bits per heavy atom. The lowest BCUT2D eigenvalue weighted by molar-refractivity contribution is 0.0163. The lowest BCUT2D eigenvalue weighted by Crippen LogP contribution is -2.41. The fourth-order valence-corrected chi connectivity index (χ4v) is 5.49. The van der Waals surface area contributed by atoms with Crippen LogP contribution in [0.1, 0.15) is 72.1 Å². The predicted octanol–water partition coefficient (Wildman–Crippen LogP) is 6.54. The maximum Gasteiger partial charge on any atom is 0.419 e. The molecule has 0 bridgehead atoms. The average molecular weight is 613 g/mol. The third kappa shape index (κ3) is 6.84. The SMILES string of the molecule is CC(C)(C)OC(=O)N(Cc1cc2ncc(Cn3cc(-c4cccc5[nH]ncc45)nn3)cc2n1C(=O)OC(C)(C)C)CC1CCC1. The molecule has 1 amide bonds. The molecule has 1 fully saturated rings. The maximum atomic E-state index is 13.7. The van der Waals surface area contributed by atoms with Crippen LogP contribution in [0.25, 0.3) is 33.2 Å². The molecule has 1 aliphatic carbocycles. The van der Waals surface area contributed by atoms with Crippen molar-refractivity contribution in [3.8, 4) is 11.3 Å². The smallest absolute Gasteiger partial charge is 0.419 e. The number of aromatic nitrogens is 7. The van der Waals surface area contributed by atoms with Crippen LogP contribution in [0.5, 0.6) is 0 Å². The summed E-state index contributed by atoms with van der Waals surface area (Å²) in [5, 5.41) is 16.8. The number of nitrogens with zero attached hydrogens (tertiary/aromatic N) is 7. The van der Waals surface area contributed by atoms with Crippen LogP contribution in [-0.2, 0) is 22.6 Å². The Labute approximate surface area is 261 Å². The van der Waals surface area contributed by atoms with E-state index in [1.165, 1.54) is 4.57 Å². The molecule has 4 heterocycles. The van der Waals surface area contributed by atoms with Gasteiger partial charge < -0.3 is 14.4 Å². The first-order chi connectivity index (χ1) is 21.3. The second-order valence-corrected chi connectivity index (χ2v) is 13.8. The number of H-pyrrole nitrogens is 1. The van der Waals surface area contributed by atoms with Crippen molar-refractivity contribution in [2.24, 2.45) is 5.92 Å². The van der Waals surface area contributed by atoms with E-state index in [0.29, 0.717) is 35.7 Å². The van der Waals surface area contributed by atoms with Crippen LogP contribution >= 0.6 is 0 Å². The molecule has 6 rings (SSSR count). The van der Waals surface area contributed by atoms with Gasteiger partial charge in [-0.3, -0.25) is 10.1 Å². The number of benzene rings is 1. The van der Waals surface area contributed by atoms with Crippen molar-refractivity contribution < 1.29 is 19.1 Å². The normalized spacial score (nSPS) is 14.1. The molecule has 12 heteroatoms. The molecule has 1 aliphatic rings. The first kappa shape index (κ1) is 30.3. The first-order valence-electron chi connectivity index (χ1n) is 15.4. The van der Waals surface area contributed by atoms with E-state index in [0.717, 1.165) is 47.0 Å². The number of carbonyl (C=O) groups excluding carboxylic acids is 2. The number of hydrogen-bond acceptors (Lipinski definition) is 8. The van der Waals surface area contributed by atoms with Crippen LogP contribution in [0.3, 0.4) is 0 Å². The van der Waals surface area contributed by atoms with E-state index >= 15 is 0 Å². The van der Waals surface area contributed by atoms with Gasteiger partial charge in [0.25, 0.3) is 0 Å². The molecule has 0 saturated heterocycles. The van der Waals surface area contributed by atoms with Crippen LogP contribution in [0.4, 0.5) is 9.59 Å². The van der Waals surface area contributed by atoms with Gasteiger partial charge in [0.1, 0.15) is 16.9 Å². The van der Waals surface area contributed by atoms with Crippen molar-refractivity contribution in [1.29, 1.82) is 0 Å². The molecule has 1 N–H and O–H groups in total. The molecule has 0 atom stereocenters. The lowest BCUT2D eigenvalue weighted by Gasteiger charge is -2.33. The van der Waals surface area contributed by atoms with Crippen molar-refractivity contribution in [2.75, 3.05) is 6.54 Å². The van der Waals surface area contributed by atoms with Gasteiger partial charge >= 0.3 is 12.2 Å². The number of pyridine rings is 1. The molecule has 0 aliphatic heterocycles. The zero-order chi connectivity index (χ0) is 31.9. The number of rotatable bonds is 7. The van der Waals surface area contributed by atoms with Crippen molar-refractivity contribution >= 4 is 34.1 Å². The number of amides is 1. The lowest BCUT2D eigenvalue weighted by atomic mass is 9.85. The van der Waals surface area contributed by atoms with Crippen molar-refractivity contribution in [3.63, 3.8) is 0 Å². The number of aromatic amines is 1. The Morgan fingerprint density at radius 3 is 2.53 bits per heavy atom. The maximum absolute atomic E-state index is 13.7. The number of fused-ring (bicyclic) bond motifs is 2. The summed E-state index contributed by atoms with van der Waals surface area (Å²) in [6.45, 7) is 12.2. The van der Waals surface area contributed by atoms with Crippen molar-refractivity contribution in [1.82, 2.24) is 39.6 Å². The Hall–Kier alpha value is -4.74. The number of nitrogens with one attached hydrogen (secondary N) is 1. The highest BCUT2D eigenvalue weighted by Crippen LogP contribution is 2.30. The largest absolute Gasteiger partial charge is 0.444 e. The Bertz CT molecular complexity index is 1850. The average Bonchev–Trinajstić information content (AvgIpc) is 3.66. The van der Waals surface area contributed by atoms with Gasteiger partial charge in [-0.25, -0.2) is 18.8 Å². The fraction of sp³-hybridized carbons (Fsp3) is 0.455. The van der Waals surface area contributed by atoms with Crippen molar-refractivity contribution in [2.45, 2.75) is 85.1 Å². The molecular weight excluding hydrogens is 572 g/mol. The summed E-state index contributed by atoms with van der Waals surface area (Å²) < 4.78 is 14.9. The molecule has 1 aromatic carbocycles. The summed E-state index contributed by atoms with van der Waals surface area (Å²) in [6.07, 6.45) is 7.78. The second kappa shape index (κ2) is 11.6. The van der Waals surface area contributed by atoms with Gasteiger partial charge in [0.2, 0.25) is 0 Å². The fourth-order valence-electron chi connectivity index (χ4n) is 5.49. The quantitative estimate of drug-likeness (QED) is 0.219. The van der Waals surface area contributed by atoms with Gasteiger partial charge in [0.15, 0.2) is 0 Å². The van der Waals surface area contributed by atoms with Gasteiger partial charge in [-0.2, -0.15) is 5.10 Å². The zero-order valence-corrected chi connectivity index (χ0v) is 26.7. The second-order valence-electron chi connectivity index (χ2n) is 13.8. The molecule has 0 spiro atoms. The molecule has 12 nitrogen and oxygen atoms in total. The number of carbonyl (C=O) groups is 2. The van der Waals surface area contributed by atoms with Gasteiger partial charge in [0, 0.05) is 23.7 Å². The van der Waals surface area contributed by atoms with E-state index in [2.05, 4.69) is 20.5 Å². The Kier molecular flexibility index (Phi) is 7.84. The molecular formula is C33H40N8O4. The van der Waals surface area contributed by atoms with Crippen LogP contribution in [0, 0.1) is 5.92 Å². The van der Waals surface area contributed by atoms with E-state index in [9.17, 15) is 9.59 Å². The zero-order valence-electron chi connectivity index (χ0n) is 26.7. The number of hydrogen-bond donors (Lipinski definition) is 1. The van der Waals surface area contributed by atoms with Gasteiger partial charge in [0.05, 0.1) is 47.7 Å². The molecule has 0 unspecified atom stereocenters. The van der Waals surface area contributed by atoms with E-state index in [1.807, 2.05) is 78.1 Å². The topological polar surface area (TPSA) is 133 Å². The van der Waals surface area contributed by atoms with Gasteiger partial charge in [-0.05, 0) is 84.1 Å². The highest BCUT2D eigenvalue weighted by atomic mass is 16.6. The summed E-state index contributed by atoms with van der Waals surface area (Å²) in [7, 11) is 0. The summed E-state index contributed by atoms with van der Waals surface area (Å²) in [5.74, 6) is 0.412. The van der Waals surface area contributed by atoms with Crippen LogP contribution in [-0.4, -0.2) is 69.6 Å². The molecule has 236 valence electrons. The predicted molar refractivity (Wildman–Crippen MR) is 170 cm³/mol. The van der Waals surface area contributed by atoms with Gasteiger partial charge in [-0.1, -0.05) is 23.8 Å². The molecule has 45 heavy (non-hydrogen) atoms. The van der Waals surface area contributed by atoms with E-state index in [-0.39, 0.29) is 6.54 Å². The third-order valence-electron chi connectivity index (χ3n) is 7.71. The minimum absolute atomic E-state index is 0.183. The highest BCUT2D eigenvalue weighted by molar-refractivity contribution is 5.93. The van der Waals surface area contributed by atoms with Gasteiger partial charge in [-0.15, -0.1) is 5.10 Å². The third-order valence-corrected chi connectivity index (χ3v) is 7.71. The van der Waals surface area contributed by atoms with E-state index < -0.39 is 23.4 Å². The minimum atomic E-state index is -0.720. The standard InChI is InChI=1S/C33H40N8O4/c1-32(2,3)44-30(42)39(17-21-9-7-10-21)19-23-14-27-29(41(23)31(43)45-33(4,5)6)13-22(15-34-27)18-40-20-28(37-38-40)24-11-8-12-26-25(24)16-35-36-26/h8,11-16,20-21H,7,9-10,17-19H2,1-6H3,(H,35,36). The molecule has 1 saturated carbocycles. The monoisotopic (exact) mass is 612 g/mol. The van der Waals surface area contributed by atoms with Crippen LogP contribution in [0.2, 0.25) is 0 Å². The van der Waals surface area contributed by atoms with E-state index in [1.54, 1.807) is 22.0 Å².